The van der Waals surface area contributed by atoms with E-state index in [2.05, 4.69) is 4.84 Å². The van der Waals surface area contributed by atoms with Crippen molar-refractivity contribution < 1.29 is 9.63 Å². The van der Waals surface area contributed by atoms with Crippen molar-refractivity contribution in [3.63, 3.8) is 0 Å². The number of carbonyl (C=O) groups excluding carboxylic acids is 1. The van der Waals surface area contributed by atoms with Crippen molar-refractivity contribution in [3.8, 4) is 0 Å². The van der Waals surface area contributed by atoms with Crippen LogP contribution in [0.15, 0.2) is 11.4 Å². The van der Waals surface area contributed by atoms with Gasteiger partial charge < -0.3 is 4.84 Å². The van der Waals surface area contributed by atoms with E-state index < -0.39 is 5.97 Å². The average molecular weight is 171 g/mol. The summed E-state index contributed by atoms with van der Waals surface area (Å²) in [6.07, 6.45) is 0.278. The number of nitrogens with two attached hydrogens (primary N) is 1. The lowest BCUT2D eigenvalue weighted by Crippen LogP contribution is -2.11. The smallest absolute Gasteiger partial charge is 0.329 e. The highest BCUT2D eigenvalue weighted by Gasteiger charge is 2.06. The quantitative estimate of drug-likeness (QED) is 0.676. The van der Waals surface area contributed by atoms with Gasteiger partial charge in [0.05, 0.1) is 6.42 Å². The van der Waals surface area contributed by atoms with Gasteiger partial charge in [-0.25, -0.2) is 4.79 Å². The average Bonchev–Trinajstić information content (AvgIpc) is 2.37. The molecule has 0 fully saturated rings. The Bertz CT molecular complexity index is 257. The van der Waals surface area contributed by atoms with Gasteiger partial charge in [-0.3, -0.25) is 0 Å². The van der Waals surface area contributed by atoms with Crippen LogP contribution in [0, 0.1) is 6.92 Å². The molecule has 0 aliphatic rings. The van der Waals surface area contributed by atoms with E-state index in [1.807, 2.05) is 18.4 Å². The predicted molar refractivity (Wildman–Crippen MR) is 43.0 cm³/mol. The van der Waals surface area contributed by atoms with Gasteiger partial charge in [0.15, 0.2) is 0 Å². The van der Waals surface area contributed by atoms with Crippen LogP contribution in [0.5, 0.6) is 0 Å². The van der Waals surface area contributed by atoms with Crippen molar-refractivity contribution in [2.45, 2.75) is 13.3 Å². The lowest BCUT2D eigenvalue weighted by molar-refractivity contribution is -0.143. The van der Waals surface area contributed by atoms with E-state index in [-0.39, 0.29) is 6.42 Å². The Morgan fingerprint density at radius 1 is 1.82 bits per heavy atom. The molecule has 0 amide bonds. The van der Waals surface area contributed by atoms with Crippen LogP contribution in [0.1, 0.15) is 10.4 Å². The molecule has 4 heteroatoms. The highest BCUT2D eigenvalue weighted by atomic mass is 32.1. The molecule has 0 saturated carbocycles. The highest BCUT2D eigenvalue weighted by molar-refractivity contribution is 7.10. The van der Waals surface area contributed by atoms with E-state index in [0.717, 1.165) is 10.4 Å². The van der Waals surface area contributed by atoms with Crippen LogP contribution in [0.3, 0.4) is 0 Å². The summed E-state index contributed by atoms with van der Waals surface area (Å²) in [5, 5.41) is 1.94. The summed E-state index contributed by atoms with van der Waals surface area (Å²) >= 11 is 1.54. The van der Waals surface area contributed by atoms with Gasteiger partial charge in [-0.05, 0) is 23.9 Å². The van der Waals surface area contributed by atoms with Gasteiger partial charge in [0.1, 0.15) is 0 Å². The van der Waals surface area contributed by atoms with Crippen LogP contribution in [-0.2, 0) is 16.1 Å². The fourth-order valence-corrected chi connectivity index (χ4v) is 1.65. The maximum Gasteiger partial charge on any atom is 0.329 e. The van der Waals surface area contributed by atoms with Crippen molar-refractivity contribution >= 4 is 17.3 Å². The molecule has 0 saturated heterocycles. The molecule has 1 rings (SSSR count). The monoisotopic (exact) mass is 171 g/mol. The highest BCUT2D eigenvalue weighted by Crippen LogP contribution is 2.15. The minimum absolute atomic E-state index is 0.278. The molecule has 11 heavy (non-hydrogen) atoms. The normalized spacial score (nSPS) is 9.64. The van der Waals surface area contributed by atoms with Crippen LogP contribution in [0.2, 0.25) is 0 Å². The van der Waals surface area contributed by atoms with Crippen molar-refractivity contribution in [1.82, 2.24) is 0 Å². The Kier molecular flexibility index (Phi) is 2.62. The zero-order chi connectivity index (χ0) is 8.27. The molecule has 0 bridgehead atoms. The first-order valence-corrected chi connectivity index (χ1v) is 4.04. The van der Waals surface area contributed by atoms with Crippen LogP contribution in [0.25, 0.3) is 0 Å². The second-order valence-corrected chi connectivity index (χ2v) is 3.19. The fraction of sp³-hybridized carbons (Fsp3) is 0.286. The van der Waals surface area contributed by atoms with Crippen LogP contribution < -0.4 is 5.90 Å². The van der Waals surface area contributed by atoms with Gasteiger partial charge in [-0.15, -0.1) is 11.3 Å². The standard InChI is InChI=1S/C7H9NO2S/c1-5-2-3-11-6(5)4-7(9)10-8/h2-3H,4,8H2,1H3. The van der Waals surface area contributed by atoms with Gasteiger partial charge in [0.2, 0.25) is 0 Å². The molecule has 0 unspecified atom stereocenters. The summed E-state index contributed by atoms with van der Waals surface area (Å²) in [4.78, 5) is 15.8. The second kappa shape index (κ2) is 3.50. The summed E-state index contributed by atoms with van der Waals surface area (Å²) in [7, 11) is 0. The van der Waals surface area contributed by atoms with E-state index in [1.54, 1.807) is 0 Å². The molecule has 0 radical (unpaired) electrons. The summed E-state index contributed by atoms with van der Waals surface area (Å²) in [5.74, 6) is 4.30. The second-order valence-electron chi connectivity index (χ2n) is 2.19. The summed E-state index contributed by atoms with van der Waals surface area (Å²) in [6.45, 7) is 1.95. The van der Waals surface area contributed by atoms with E-state index in [4.69, 9.17) is 5.90 Å². The lowest BCUT2D eigenvalue weighted by Gasteiger charge is -1.95. The van der Waals surface area contributed by atoms with Crippen molar-refractivity contribution in [2.24, 2.45) is 5.90 Å². The predicted octanol–water partition coefficient (Wildman–Crippen LogP) is 1.02. The maximum absolute atomic E-state index is 10.7. The molecule has 1 heterocycles. The van der Waals surface area contributed by atoms with E-state index in [1.165, 1.54) is 11.3 Å². The van der Waals surface area contributed by atoms with Gasteiger partial charge >= 0.3 is 5.97 Å². The van der Waals surface area contributed by atoms with Crippen LogP contribution >= 0.6 is 11.3 Å². The van der Waals surface area contributed by atoms with Crippen molar-refractivity contribution in [2.75, 3.05) is 0 Å². The van der Waals surface area contributed by atoms with Crippen LogP contribution in [-0.4, -0.2) is 5.97 Å². The number of carbonyl (C=O) groups is 1. The molecule has 1 aromatic heterocycles. The SMILES string of the molecule is Cc1ccsc1CC(=O)ON. The number of rotatable bonds is 2. The van der Waals surface area contributed by atoms with Gasteiger partial charge in [0, 0.05) is 4.88 Å². The first-order chi connectivity index (χ1) is 5.24. The van der Waals surface area contributed by atoms with E-state index >= 15 is 0 Å². The molecule has 0 aromatic carbocycles. The minimum atomic E-state index is -0.393. The van der Waals surface area contributed by atoms with Gasteiger partial charge in [-0.2, -0.15) is 5.90 Å². The van der Waals surface area contributed by atoms with Crippen molar-refractivity contribution in [1.29, 1.82) is 0 Å². The summed E-state index contributed by atoms with van der Waals surface area (Å²) in [5.41, 5.74) is 1.11. The Morgan fingerprint density at radius 2 is 2.55 bits per heavy atom. The topological polar surface area (TPSA) is 52.3 Å². The van der Waals surface area contributed by atoms with E-state index in [9.17, 15) is 4.79 Å². The third-order valence-corrected chi connectivity index (χ3v) is 2.43. The van der Waals surface area contributed by atoms with E-state index in [0.29, 0.717) is 0 Å². The number of hydrogen-bond donors (Lipinski definition) is 1. The third-order valence-electron chi connectivity index (χ3n) is 1.40. The molecule has 0 spiro atoms. The van der Waals surface area contributed by atoms with Gasteiger partial charge in [0.25, 0.3) is 0 Å². The number of thiophene rings is 1. The molecule has 0 atom stereocenters. The fourth-order valence-electron chi connectivity index (χ4n) is 0.758. The third kappa shape index (κ3) is 2.03. The molecule has 2 N–H and O–H groups in total. The molecule has 1 aromatic rings. The zero-order valence-electron chi connectivity index (χ0n) is 6.16. The summed E-state index contributed by atoms with van der Waals surface area (Å²) in [6, 6.07) is 1.96. The Labute approximate surface area is 68.7 Å². The zero-order valence-corrected chi connectivity index (χ0v) is 6.98. The first-order valence-electron chi connectivity index (χ1n) is 3.16. The van der Waals surface area contributed by atoms with Gasteiger partial charge in [-0.1, -0.05) is 0 Å². The largest absolute Gasteiger partial charge is 0.373 e. The molecule has 0 aliphatic carbocycles. The Morgan fingerprint density at radius 3 is 3.00 bits per heavy atom. The minimum Gasteiger partial charge on any atom is -0.373 e. The summed E-state index contributed by atoms with van der Waals surface area (Å²) < 4.78 is 0. The molecular weight excluding hydrogens is 162 g/mol. The molecular formula is C7H9NO2S. The number of hydrogen-bond acceptors (Lipinski definition) is 4. The van der Waals surface area contributed by atoms with Crippen molar-refractivity contribution in [3.05, 3.63) is 21.9 Å². The van der Waals surface area contributed by atoms with Crippen LogP contribution in [0.4, 0.5) is 0 Å². The molecule has 0 aliphatic heterocycles. The molecule has 60 valence electrons. The maximum atomic E-state index is 10.7. The first kappa shape index (κ1) is 8.23. The Hall–Kier alpha value is -0.870. The molecule has 3 nitrogen and oxygen atoms in total. The lowest BCUT2D eigenvalue weighted by atomic mass is 10.2. The number of aryl methyl sites for hydroxylation is 1. The Balaban J connectivity index is 2.64.